The van der Waals surface area contributed by atoms with Crippen molar-refractivity contribution in [2.45, 2.75) is 57.5 Å². The van der Waals surface area contributed by atoms with E-state index in [1.54, 1.807) is 6.08 Å². The van der Waals surface area contributed by atoms with Gasteiger partial charge in [0.1, 0.15) is 6.10 Å². The number of esters is 1. The number of hydrogen-bond acceptors (Lipinski definition) is 3. The molecule has 0 radical (unpaired) electrons. The molecule has 23 heavy (non-hydrogen) atoms. The van der Waals surface area contributed by atoms with Crippen LogP contribution in [0, 0.1) is 41.4 Å². The van der Waals surface area contributed by atoms with Crippen LogP contribution in [-0.2, 0) is 9.53 Å². The lowest BCUT2D eigenvalue weighted by Gasteiger charge is -2.04. The summed E-state index contributed by atoms with van der Waals surface area (Å²) in [4.78, 5) is 11.5. The molecule has 122 valence electrons. The highest BCUT2D eigenvalue weighted by molar-refractivity contribution is 5.74. The third kappa shape index (κ3) is 8.77. The molecule has 3 nitrogen and oxygen atoms in total. The summed E-state index contributed by atoms with van der Waals surface area (Å²) in [7, 11) is 0. The lowest BCUT2D eigenvalue weighted by Crippen LogP contribution is -2.10. The van der Waals surface area contributed by atoms with Gasteiger partial charge in [0.05, 0.1) is 12.5 Å². The second-order valence-electron chi connectivity index (χ2n) is 5.47. The fourth-order valence-corrected chi connectivity index (χ4v) is 2.36. The number of rotatable bonds is 8. The van der Waals surface area contributed by atoms with Gasteiger partial charge < -0.3 is 9.84 Å². The van der Waals surface area contributed by atoms with Gasteiger partial charge in [-0.1, -0.05) is 37.2 Å². The summed E-state index contributed by atoms with van der Waals surface area (Å²) in [5.74, 6) is 16.6. The Morgan fingerprint density at radius 1 is 1.13 bits per heavy atom. The molecule has 0 spiro atoms. The summed E-state index contributed by atoms with van der Waals surface area (Å²) in [5.41, 5.74) is 0. The fourth-order valence-electron chi connectivity index (χ4n) is 2.36. The largest absolute Gasteiger partial charge is 0.460 e. The Balaban J connectivity index is 2.01. The fraction of sp³-hybridized carbons (Fsp3) is 0.550. The Labute approximate surface area is 139 Å². The Kier molecular flexibility index (Phi) is 10.2. The first-order valence-corrected chi connectivity index (χ1v) is 8.16. The van der Waals surface area contributed by atoms with E-state index >= 15 is 0 Å². The standard InChI is InChI=1S/C20H24O3/c1-2-3-4-5-6-7-8-9-10-11-12-13-14-15-18-16-19(17-21)23-20(18)22/h2,18-19,21H,1,3,10-17H2/t18-,19+/m1/s1. The molecule has 0 bridgehead atoms. The molecule has 2 atom stereocenters. The molecule has 1 saturated heterocycles. The van der Waals surface area contributed by atoms with Gasteiger partial charge in [-0.15, -0.1) is 6.58 Å². The average molecular weight is 312 g/mol. The van der Waals surface area contributed by atoms with E-state index in [1.165, 1.54) is 0 Å². The molecule has 1 N–H and O–H groups in total. The van der Waals surface area contributed by atoms with E-state index in [-0.39, 0.29) is 24.6 Å². The molecule has 1 heterocycles. The zero-order chi connectivity index (χ0) is 16.8. The number of aliphatic hydroxyl groups is 1. The summed E-state index contributed by atoms with van der Waals surface area (Å²) < 4.78 is 5.05. The van der Waals surface area contributed by atoms with Crippen molar-refractivity contribution in [3.8, 4) is 35.5 Å². The summed E-state index contributed by atoms with van der Waals surface area (Å²) in [6.07, 6.45) is 8.72. The number of carbonyl (C=O) groups excluding carboxylic acids is 1. The van der Waals surface area contributed by atoms with E-state index in [9.17, 15) is 4.79 Å². The van der Waals surface area contributed by atoms with E-state index in [2.05, 4.69) is 42.1 Å². The van der Waals surface area contributed by atoms with Crippen molar-refractivity contribution in [3.05, 3.63) is 12.7 Å². The zero-order valence-electron chi connectivity index (χ0n) is 13.6. The van der Waals surface area contributed by atoms with Crippen molar-refractivity contribution < 1.29 is 14.6 Å². The van der Waals surface area contributed by atoms with E-state index < -0.39 is 0 Å². The van der Waals surface area contributed by atoms with Crippen LogP contribution in [0.5, 0.6) is 0 Å². The van der Waals surface area contributed by atoms with Crippen LogP contribution in [-0.4, -0.2) is 23.8 Å². The Bertz CT molecular complexity index is 557. The SMILES string of the molecule is C=CCC#CC#CC#CCCCCCC[C@@H]1C[C@@H](CO)OC1=O. The predicted octanol–water partition coefficient (Wildman–Crippen LogP) is 2.84. The maximum Gasteiger partial charge on any atom is 0.309 e. The molecule has 1 aliphatic rings. The molecule has 1 fully saturated rings. The van der Waals surface area contributed by atoms with Gasteiger partial charge in [-0.05, 0) is 42.9 Å². The minimum absolute atomic E-state index is 0.0237. The first kappa shape index (κ1) is 18.9. The topological polar surface area (TPSA) is 46.5 Å². The van der Waals surface area contributed by atoms with Gasteiger partial charge >= 0.3 is 5.97 Å². The van der Waals surface area contributed by atoms with Crippen LogP contribution < -0.4 is 0 Å². The van der Waals surface area contributed by atoms with Gasteiger partial charge in [-0.25, -0.2) is 0 Å². The van der Waals surface area contributed by atoms with Crippen molar-refractivity contribution in [1.82, 2.24) is 0 Å². The monoisotopic (exact) mass is 312 g/mol. The molecule has 3 heteroatoms. The van der Waals surface area contributed by atoms with Crippen molar-refractivity contribution >= 4 is 5.97 Å². The number of hydrogen-bond donors (Lipinski definition) is 1. The summed E-state index contributed by atoms with van der Waals surface area (Å²) in [5, 5.41) is 8.97. The average Bonchev–Trinajstić information content (AvgIpc) is 2.92. The molecule has 0 amide bonds. The van der Waals surface area contributed by atoms with Crippen LogP contribution in [0.1, 0.15) is 51.4 Å². The number of allylic oxidation sites excluding steroid dienone is 1. The van der Waals surface area contributed by atoms with Crippen LogP contribution in [0.15, 0.2) is 12.7 Å². The summed E-state index contributed by atoms with van der Waals surface area (Å²) in [6.45, 7) is 3.51. The first-order valence-electron chi connectivity index (χ1n) is 8.16. The van der Waals surface area contributed by atoms with Gasteiger partial charge in [-0.2, -0.15) is 0 Å². The van der Waals surface area contributed by atoms with E-state index in [0.29, 0.717) is 12.8 Å². The van der Waals surface area contributed by atoms with Gasteiger partial charge in [0.15, 0.2) is 0 Å². The second-order valence-corrected chi connectivity index (χ2v) is 5.47. The van der Waals surface area contributed by atoms with Crippen molar-refractivity contribution in [2.24, 2.45) is 5.92 Å². The molecule has 0 saturated carbocycles. The highest BCUT2D eigenvalue weighted by Gasteiger charge is 2.33. The van der Waals surface area contributed by atoms with Gasteiger partial charge in [-0.3, -0.25) is 4.79 Å². The summed E-state index contributed by atoms with van der Waals surface area (Å²) >= 11 is 0. The Hall–Kier alpha value is -2.15. The maximum absolute atomic E-state index is 11.5. The molecule has 0 unspecified atom stereocenters. The number of cyclic esters (lactones) is 1. The van der Waals surface area contributed by atoms with Crippen LogP contribution in [0.4, 0.5) is 0 Å². The highest BCUT2D eigenvalue weighted by atomic mass is 16.6. The third-order valence-electron chi connectivity index (χ3n) is 3.58. The highest BCUT2D eigenvalue weighted by Crippen LogP contribution is 2.25. The molecule has 0 aliphatic carbocycles. The first-order chi connectivity index (χ1) is 11.3. The lowest BCUT2D eigenvalue weighted by atomic mass is 9.97. The molecule has 0 aromatic rings. The van der Waals surface area contributed by atoms with Crippen LogP contribution in [0.2, 0.25) is 0 Å². The van der Waals surface area contributed by atoms with Crippen molar-refractivity contribution in [3.63, 3.8) is 0 Å². The van der Waals surface area contributed by atoms with E-state index in [4.69, 9.17) is 9.84 Å². The van der Waals surface area contributed by atoms with Crippen LogP contribution in [0.25, 0.3) is 0 Å². The Morgan fingerprint density at radius 3 is 2.57 bits per heavy atom. The quantitative estimate of drug-likeness (QED) is 0.324. The van der Waals surface area contributed by atoms with Crippen LogP contribution in [0.3, 0.4) is 0 Å². The third-order valence-corrected chi connectivity index (χ3v) is 3.58. The molecule has 1 aliphatic heterocycles. The molecule has 0 aromatic heterocycles. The van der Waals surface area contributed by atoms with E-state index in [0.717, 1.165) is 38.5 Å². The molecular weight excluding hydrogens is 288 g/mol. The van der Waals surface area contributed by atoms with Crippen LogP contribution >= 0.6 is 0 Å². The number of unbranched alkanes of at least 4 members (excludes halogenated alkanes) is 4. The number of carbonyl (C=O) groups is 1. The molecular formula is C20H24O3. The second kappa shape index (κ2) is 12.4. The summed E-state index contributed by atoms with van der Waals surface area (Å²) in [6, 6.07) is 0. The van der Waals surface area contributed by atoms with Crippen molar-refractivity contribution in [2.75, 3.05) is 6.61 Å². The Morgan fingerprint density at radius 2 is 1.87 bits per heavy atom. The van der Waals surface area contributed by atoms with Gasteiger partial charge in [0.2, 0.25) is 0 Å². The predicted molar refractivity (Wildman–Crippen MR) is 90.9 cm³/mol. The minimum atomic E-state index is -0.287. The minimum Gasteiger partial charge on any atom is -0.460 e. The number of aliphatic hydroxyl groups excluding tert-OH is 1. The molecule has 0 aromatic carbocycles. The smallest absolute Gasteiger partial charge is 0.309 e. The maximum atomic E-state index is 11.5. The lowest BCUT2D eigenvalue weighted by molar-refractivity contribution is -0.145. The molecule has 1 rings (SSSR count). The zero-order valence-corrected chi connectivity index (χ0v) is 13.6. The van der Waals surface area contributed by atoms with Gasteiger partial charge in [0, 0.05) is 12.8 Å². The van der Waals surface area contributed by atoms with Gasteiger partial charge in [0.25, 0.3) is 0 Å². The van der Waals surface area contributed by atoms with Crippen molar-refractivity contribution in [1.29, 1.82) is 0 Å². The number of ether oxygens (including phenoxy) is 1. The van der Waals surface area contributed by atoms with E-state index in [1.807, 2.05) is 0 Å². The normalized spacial score (nSPS) is 18.6.